The summed E-state index contributed by atoms with van der Waals surface area (Å²) in [6.07, 6.45) is 27.1. The molecule has 0 heteroatoms. The molecular weight excluding hydrogens is 276 g/mol. The highest BCUT2D eigenvalue weighted by molar-refractivity contribution is 4.92. The van der Waals surface area contributed by atoms with Crippen LogP contribution in [0.3, 0.4) is 0 Å². The van der Waals surface area contributed by atoms with Gasteiger partial charge < -0.3 is 0 Å². The molecule has 0 atom stereocenters. The molecule has 0 aromatic rings. The molecule has 0 bridgehead atoms. The molecule has 2 fully saturated rings. The fourth-order valence-electron chi connectivity index (χ4n) is 5.05. The van der Waals surface area contributed by atoms with Crippen molar-refractivity contribution in [1.29, 1.82) is 0 Å². The van der Waals surface area contributed by atoms with Gasteiger partial charge in [0.15, 0.2) is 0 Å². The van der Waals surface area contributed by atoms with E-state index < -0.39 is 0 Å². The van der Waals surface area contributed by atoms with Crippen LogP contribution in [0, 0.1) is 23.7 Å². The Kier molecular flexibility index (Phi) is 9.39. The first kappa shape index (κ1) is 19.1. The van der Waals surface area contributed by atoms with Gasteiger partial charge in [0, 0.05) is 0 Å². The van der Waals surface area contributed by atoms with Crippen molar-refractivity contribution in [2.24, 2.45) is 23.7 Å². The predicted molar refractivity (Wildman–Crippen MR) is 104 cm³/mol. The van der Waals surface area contributed by atoms with Gasteiger partial charge in [0.05, 0.1) is 0 Å². The molecule has 23 heavy (non-hydrogen) atoms. The average molecular weight is 319 g/mol. The molecule has 2 aliphatic carbocycles. The monoisotopic (exact) mass is 318 g/mol. The Labute approximate surface area is 146 Å². The first-order valence-electron chi connectivity index (χ1n) is 11.0. The molecular formula is C23H42. The molecule has 0 amide bonds. The van der Waals surface area contributed by atoms with Crippen molar-refractivity contribution >= 4 is 0 Å². The van der Waals surface area contributed by atoms with Gasteiger partial charge in [-0.25, -0.2) is 0 Å². The summed E-state index contributed by atoms with van der Waals surface area (Å²) in [6, 6.07) is 0. The molecule has 2 saturated carbocycles. The smallest absolute Gasteiger partial charge is 0.0233 e. The number of unbranched alkanes of at least 4 members (excludes halogenated alkanes) is 4. The maximum Gasteiger partial charge on any atom is -0.0233 e. The van der Waals surface area contributed by atoms with Crippen molar-refractivity contribution in [3.05, 3.63) is 12.2 Å². The zero-order valence-corrected chi connectivity index (χ0v) is 16.1. The minimum Gasteiger partial charge on any atom is -0.0883 e. The topological polar surface area (TPSA) is 0 Å². The van der Waals surface area contributed by atoms with Crippen molar-refractivity contribution in [3.63, 3.8) is 0 Å². The normalized spacial score (nSPS) is 32.4. The summed E-state index contributed by atoms with van der Waals surface area (Å²) in [5.74, 6) is 4.15. The minimum atomic E-state index is 0.911. The molecule has 0 saturated heterocycles. The van der Waals surface area contributed by atoms with Crippen molar-refractivity contribution in [3.8, 4) is 0 Å². The first-order chi connectivity index (χ1) is 11.3. The molecule has 0 aliphatic heterocycles. The zero-order valence-electron chi connectivity index (χ0n) is 16.1. The molecule has 0 heterocycles. The summed E-state index contributed by atoms with van der Waals surface area (Å²) in [4.78, 5) is 0. The van der Waals surface area contributed by atoms with E-state index in [1.165, 1.54) is 70.6 Å². The first-order valence-corrected chi connectivity index (χ1v) is 11.0. The standard InChI is InChI=1S/C23H42/c1-3-5-7-9-11-21-14-18-23(19-15-21)22-16-12-20(13-17-22)10-8-6-4-2/h9,11,20-23H,3-8,10,12-19H2,1-2H3. The Balaban J connectivity index is 1.60. The Morgan fingerprint density at radius 2 is 1.30 bits per heavy atom. The fraction of sp³-hybridized carbons (Fsp3) is 0.913. The van der Waals surface area contributed by atoms with Gasteiger partial charge >= 0.3 is 0 Å². The highest BCUT2D eigenvalue weighted by Crippen LogP contribution is 2.42. The van der Waals surface area contributed by atoms with Crippen LogP contribution in [-0.2, 0) is 0 Å². The highest BCUT2D eigenvalue weighted by Gasteiger charge is 2.30. The largest absolute Gasteiger partial charge is 0.0883 e. The summed E-state index contributed by atoms with van der Waals surface area (Å²) in [5, 5.41) is 0. The van der Waals surface area contributed by atoms with Gasteiger partial charge in [-0.15, -0.1) is 0 Å². The van der Waals surface area contributed by atoms with Crippen molar-refractivity contribution in [2.75, 3.05) is 0 Å². The van der Waals surface area contributed by atoms with Gasteiger partial charge in [0.25, 0.3) is 0 Å². The second-order valence-electron chi connectivity index (χ2n) is 8.52. The minimum absolute atomic E-state index is 0.911. The Bertz CT molecular complexity index is 300. The Morgan fingerprint density at radius 3 is 1.91 bits per heavy atom. The summed E-state index contributed by atoms with van der Waals surface area (Å²) >= 11 is 0. The van der Waals surface area contributed by atoms with Crippen LogP contribution in [-0.4, -0.2) is 0 Å². The zero-order chi connectivity index (χ0) is 16.3. The SMILES string of the molecule is CCCCC=CC1CCC(C2CCC(CCCCC)CC2)CC1. The van der Waals surface area contributed by atoms with Gasteiger partial charge in [0.1, 0.15) is 0 Å². The average Bonchev–Trinajstić information content (AvgIpc) is 2.60. The maximum absolute atomic E-state index is 2.55. The van der Waals surface area contributed by atoms with Gasteiger partial charge in [-0.1, -0.05) is 77.4 Å². The molecule has 2 aliphatic rings. The van der Waals surface area contributed by atoms with E-state index in [1.54, 1.807) is 25.7 Å². The van der Waals surface area contributed by atoms with Crippen molar-refractivity contribution < 1.29 is 0 Å². The number of rotatable bonds is 9. The van der Waals surface area contributed by atoms with Crippen LogP contribution in [0.5, 0.6) is 0 Å². The van der Waals surface area contributed by atoms with Gasteiger partial charge in [-0.2, -0.15) is 0 Å². The van der Waals surface area contributed by atoms with Gasteiger partial charge in [-0.3, -0.25) is 0 Å². The highest BCUT2D eigenvalue weighted by atomic mass is 14.4. The summed E-state index contributed by atoms with van der Waals surface area (Å²) in [5.41, 5.74) is 0. The Hall–Kier alpha value is -0.260. The molecule has 2 rings (SSSR count). The third-order valence-electron chi connectivity index (χ3n) is 6.72. The quantitative estimate of drug-likeness (QED) is 0.299. The third kappa shape index (κ3) is 7.02. The van der Waals surface area contributed by atoms with Crippen LogP contribution < -0.4 is 0 Å². The fourth-order valence-corrected chi connectivity index (χ4v) is 5.05. The van der Waals surface area contributed by atoms with Gasteiger partial charge in [0.2, 0.25) is 0 Å². The van der Waals surface area contributed by atoms with Crippen molar-refractivity contribution in [2.45, 2.75) is 110 Å². The summed E-state index contributed by atoms with van der Waals surface area (Å²) in [7, 11) is 0. The van der Waals surface area contributed by atoms with Gasteiger partial charge in [-0.05, 0) is 68.6 Å². The molecule has 0 N–H and O–H groups in total. The number of allylic oxidation sites excluding steroid dienone is 2. The molecule has 0 spiro atoms. The summed E-state index contributed by atoms with van der Waals surface area (Å²) in [6.45, 7) is 4.61. The van der Waals surface area contributed by atoms with E-state index in [9.17, 15) is 0 Å². The lowest BCUT2D eigenvalue weighted by Gasteiger charge is -2.37. The maximum atomic E-state index is 2.55. The molecule has 0 radical (unpaired) electrons. The lowest BCUT2D eigenvalue weighted by molar-refractivity contribution is 0.151. The van der Waals surface area contributed by atoms with Crippen LogP contribution >= 0.6 is 0 Å². The lowest BCUT2D eigenvalue weighted by Crippen LogP contribution is -2.25. The lowest BCUT2D eigenvalue weighted by atomic mass is 9.68. The van der Waals surface area contributed by atoms with E-state index in [-0.39, 0.29) is 0 Å². The molecule has 0 aromatic heterocycles. The Morgan fingerprint density at radius 1 is 0.696 bits per heavy atom. The molecule has 134 valence electrons. The van der Waals surface area contributed by atoms with Crippen LogP contribution in [0.25, 0.3) is 0 Å². The molecule has 0 nitrogen and oxygen atoms in total. The van der Waals surface area contributed by atoms with E-state index in [1.807, 2.05) is 0 Å². The second-order valence-corrected chi connectivity index (χ2v) is 8.52. The van der Waals surface area contributed by atoms with E-state index in [2.05, 4.69) is 26.0 Å². The van der Waals surface area contributed by atoms with E-state index in [4.69, 9.17) is 0 Å². The van der Waals surface area contributed by atoms with Crippen LogP contribution in [0.15, 0.2) is 12.2 Å². The molecule has 0 unspecified atom stereocenters. The van der Waals surface area contributed by atoms with E-state index >= 15 is 0 Å². The van der Waals surface area contributed by atoms with Crippen LogP contribution in [0.4, 0.5) is 0 Å². The van der Waals surface area contributed by atoms with Crippen LogP contribution in [0.1, 0.15) is 110 Å². The predicted octanol–water partition coefficient (Wildman–Crippen LogP) is 7.93. The van der Waals surface area contributed by atoms with Crippen LogP contribution in [0.2, 0.25) is 0 Å². The number of hydrogen-bond acceptors (Lipinski definition) is 0. The van der Waals surface area contributed by atoms with E-state index in [0.717, 1.165) is 23.7 Å². The number of hydrogen-bond donors (Lipinski definition) is 0. The second kappa shape index (κ2) is 11.3. The van der Waals surface area contributed by atoms with Crippen molar-refractivity contribution in [1.82, 2.24) is 0 Å². The third-order valence-corrected chi connectivity index (χ3v) is 6.72. The molecule has 0 aromatic carbocycles. The van der Waals surface area contributed by atoms with E-state index in [0.29, 0.717) is 0 Å². The summed E-state index contributed by atoms with van der Waals surface area (Å²) < 4.78 is 0.